The SMILES string of the molecule is CC[C@@H]1COc2ccccc2[C@@H]1C(C)(C)CC. The molecule has 0 aliphatic carbocycles. The van der Waals surface area contributed by atoms with Crippen LogP contribution < -0.4 is 4.74 Å². The van der Waals surface area contributed by atoms with Crippen LogP contribution in [0.25, 0.3) is 0 Å². The van der Waals surface area contributed by atoms with Gasteiger partial charge in [0, 0.05) is 5.92 Å². The summed E-state index contributed by atoms with van der Waals surface area (Å²) in [5.41, 5.74) is 1.76. The van der Waals surface area contributed by atoms with Crippen molar-refractivity contribution in [2.75, 3.05) is 6.61 Å². The third-order valence-corrected chi connectivity index (χ3v) is 4.46. The van der Waals surface area contributed by atoms with Crippen molar-refractivity contribution < 1.29 is 4.74 Å². The van der Waals surface area contributed by atoms with E-state index in [-0.39, 0.29) is 0 Å². The minimum Gasteiger partial charge on any atom is -0.493 e. The molecule has 0 amide bonds. The summed E-state index contributed by atoms with van der Waals surface area (Å²) in [6.45, 7) is 10.2. The van der Waals surface area contributed by atoms with Gasteiger partial charge in [-0.1, -0.05) is 52.3 Å². The molecule has 0 N–H and O–H groups in total. The summed E-state index contributed by atoms with van der Waals surface area (Å²) < 4.78 is 5.90. The van der Waals surface area contributed by atoms with Crippen LogP contribution in [0.2, 0.25) is 0 Å². The van der Waals surface area contributed by atoms with Crippen LogP contribution in [0, 0.1) is 11.3 Å². The Bertz CT molecular complexity index is 381. The summed E-state index contributed by atoms with van der Waals surface area (Å²) in [4.78, 5) is 0. The van der Waals surface area contributed by atoms with Crippen molar-refractivity contribution in [1.82, 2.24) is 0 Å². The van der Waals surface area contributed by atoms with Crippen molar-refractivity contribution in [2.45, 2.75) is 46.5 Å². The second-order valence-corrected chi connectivity index (χ2v) is 5.84. The molecule has 1 heterocycles. The van der Waals surface area contributed by atoms with Crippen LogP contribution in [-0.2, 0) is 0 Å². The summed E-state index contributed by atoms with van der Waals surface area (Å²) in [5.74, 6) is 2.38. The maximum atomic E-state index is 5.90. The van der Waals surface area contributed by atoms with E-state index in [9.17, 15) is 0 Å². The van der Waals surface area contributed by atoms with Crippen LogP contribution in [0.4, 0.5) is 0 Å². The first-order chi connectivity index (χ1) is 8.10. The Balaban J connectivity index is 2.45. The minimum absolute atomic E-state index is 0.348. The summed E-state index contributed by atoms with van der Waals surface area (Å²) in [7, 11) is 0. The first-order valence-electron chi connectivity index (χ1n) is 6.82. The van der Waals surface area contributed by atoms with Crippen molar-refractivity contribution in [2.24, 2.45) is 11.3 Å². The average Bonchev–Trinajstić information content (AvgIpc) is 2.37. The molecule has 0 radical (unpaired) electrons. The average molecular weight is 232 g/mol. The Kier molecular flexibility index (Phi) is 3.46. The molecule has 1 aliphatic rings. The minimum atomic E-state index is 0.348. The highest BCUT2D eigenvalue weighted by Crippen LogP contribution is 2.49. The number of rotatable bonds is 3. The zero-order chi connectivity index (χ0) is 12.5. The summed E-state index contributed by atoms with van der Waals surface area (Å²) in [6, 6.07) is 8.57. The fourth-order valence-electron chi connectivity index (χ4n) is 3.05. The van der Waals surface area contributed by atoms with E-state index in [1.807, 2.05) is 0 Å². The molecule has 0 saturated carbocycles. The van der Waals surface area contributed by atoms with E-state index in [0.29, 0.717) is 17.3 Å². The molecular formula is C16H24O. The molecule has 0 fully saturated rings. The molecule has 17 heavy (non-hydrogen) atoms. The van der Waals surface area contributed by atoms with Crippen LogP contribution in [-0.4, -0.2) is 6.61 Å². The first-order valence-corrected chi connectivity index (χ1v) is 6.82. The molecule has 1 aliphatic heterocycles. The highest BCUT2D eigenvalue weighted by atomic mass is 16.5. The van der Waals surface area contributed by atoms with Crippen LogP contribution in [0.1, 0.15) is 52.0 Å². The number of benzene rings is 1. The van der Waals surface area contributed by atoms with Gasteiger partial charge in [-0.15, -0.1) is 0 Å². The number of ether oxygens (including phenoxy) is 1. The lowest BCUT2D eigenvalue weighted by Crippen LogP contribution is -2.34. The fourth-order valence-corrected chi connectivity index (χ4v) is 3.05. The normalized spacial score (nSPS) is 24.0. The standard InChI is InChI=1S/C16H24O/c1-5-12-11-17-14-10-8-7-9-13(14)15(12)16(3,4)6-2/h7-10,12,15H,5-6,11H2,1-4H3/t12-,15-/m1/s1. The summed E-state index contributed by atoms with van der Waals surface area (Å²) in [5, 5.41) is 0. The van der Waals surface area contributed by atoms with Crippen molar-refractivity contribution >= 4 is 0 Å². The van der Waals surface area contributed by atoms with Crippen LogP contribution >= 0.6 is 0 Å². The molecule has 0 saturated heterocycles. The Morgan fingerprint density at radius 1 is 1.24 bits per heavy atom. The zero-order valence-electron chi connectivity index (χ0n) is 11.5. The quantitative estimate of drug-likeness (QED) is 0.738. The molecule has 0 aromatic heterocycles. The molecule has 1 aromatic carbocycles. The summed E-state index contributed by atoms with van der Waals surface area (Å²) in [6.07, 6.45) is 2.41. The van der Waals surface area contributed by atoms with Gasteiger partial charge in [0.25, 0.3) is 0 Å². The molecule has 2 rings (SSSR count). The van der Waals surface area contributed by atoms with Crippen LogP contribution in [0.15, 0.2) is 24.3 Å². The van der Waals surface area contributed by atoms with E-state index in [2.05, 4.69) is 52.0 Å². The van der Waals surface area contributed by atoms with Gasteiger partial charge in [0.15, 0.2) is 0 Å². The van der Waals surface area contributed by atoms with E-state index in [4.69, 9.17) is 4.74 Å². The number of hydrogen-bond donors (Lipinski definition) is 0. The number of fused-ring (bicyclic) bond motifs is 1. The maximum absolute atomic E-state index is 5.90. The van der Waals surface area contributed by atoms with Gasteiger partial charge >= 0.3 is 0 Å². The maximum Gasteiger partial charge on any atom is 0.122 e. The van der Waals surface area contributed by atoms with E-state index in [1.165, 1.54) is 18.4 Å². The van der Waals surface area contributed by atoms with Crippen LogP contribution in [0.3, 0.4) is 0 Å². The van der Waals surface area contributed by atoms with Crippen molar-refractivity contribution in [3.63, 3.8) is 0 Å². The van der Waals surface area contributed by atoms with Gasteiger partial charge < -0.3 is 4.74 Å². The second-order valence-electron chi connectivity index (χ2n) is 5.84. The van der Waals surface area contributed by atoms with Crippen molar-refractivity contribution in [3.05, 3.63) is 29.8 Å². The predicted molar refractivity (Wildman–Crippen MR) is 72.5 cm³/mol. The zero-order valence-corrected chi connectivity index (χ0v) is 11.5. The monoisotopic (exact) mass is 232 g/mol. The van der Waals surface area contributed by atoms with E-state index >= 15 is 0 Å². The lowest BCUT2D eigenvalue weighted by atomic mass is 9.65. The van der Waals surface area contributed by atoms with E-state index in [0.717, 1.165) is 12.4 Å². The van der Waals surface area contributed by atoms with E-state index < -0.39 is 0 Å². The van der Waals surface area contributed by atoms with Gasteiger partial charge in [-0.25, -0.2) is 0 Å². The molecule has 94 valence electrons. The molecule has 0 spiro atoms. The summed E-state index contributed by atoms with van der Waals surface area (Å²) >= 11 is 0. The van der Waals surface area contributed by atoms with Gasteiger partial charge in [0.05, 0.1) is 6.61 Å². The third-order valence-electron chi connectivity index (χ3n) is 4.46. The third kappa shape index (κ3) is 2.20. The molecule has 1 aromatic rings. The Morgan fingerprint density at radius 3 is 2.59 bits per heavy atom. The Labute approximate surface area is 105 Å². The second kappa shape index (κ2) is 4.72. The first kappa shape index (κ1) is 12.5. The van der Waals surface area contributed by atoms with Gasteiger partial charge in [-0.2, -0.15) is 0 Å². The molecule has 1 heteroatoms. The number of para-hydroxylation sites is 1. The van der Waals surface area contributed by atoms with Gasteiger partial charge in [0.1, 0.15) is 5.75 Å². The largest absolute Gasteiger partial charge is 0.493 e. The predicted octanol–water partition coefficient (Wildman–Crippen LogP) is 4.63. The van der Waals surface area contributed by atoms with Gasteiger partial charge in [0.2, 0.25) is 0 Å². The van der Waals surface area contributed by atoms with Crippen LogP contribution in [0.5, 0.6) is 5.75 Å². The molecule has 0 bridgehead atoms. The number of hydrogen-bond acceptors (Lipinski definition) is 1. The van der Waals surface area contributed by atoms with Gasteiger partial charge in [-0.3, -0.25) is 0 Å². The van der Waals surface area contributed by atoms with Crippen molar-refractivity contribution in [1.29, 1.82) is 0 Å². The topological polar surface area (TPSA) is 9.23 Å². The molecule has 2 atom stereocenters. The fraction of sp³-hybridized carbons (Fsp3) is 0.625. The Morgan fingerprint density at radius 2 is 1.94 bits per heavy atom. The molecular weight excluding hydrogens is 208 g/mol. The lowest BCUT2D eigenvalue weighted by Gasteiger charge is -2.42. The van der Waals surface area contributed by atoms with E-state index in [1.54, 1.807) is 0 Å². The Hall–Kier alpha value is -0.980. The molecule has 1 nitrogen and oxygen atoms in total. The van der Waals surface area contributed by atoms with Crippen molar-refractivity contribution in [3.8, 4) is 5.75 Å². The smallest absolute Gasteiger partial charge is 0.122 e. The molecule has 0 unspecified atom stereocenters. The van der Waals surface area contributed by atoms with Gasteiger partial charge in [-0.05, 0) is 29.4 Å². The highest BCUT2D eigenvalue weighted by Gasteiger charge is 2.39. The lowest BCUT2D eigenvalue weighted by molar-refractivity contribution is 0.115. The highest BCUT2D eigenvalue weighted by molar-refractivity contribution is 5.39.